The van der Waals surface area contributed by atoms with E-state index >= 15 is 0 Å². The summed E-state index contributed by atoms with van der Waals surface area (Å²) in [5.41, 5.74) is 1.25. The van der Waals surface area contributed by atoms with E-state index in [0.29, 0.717) is 6.54 Å². The molecule has 114 valence electrons. The third-order valence-corrected chi connectivity index (χ3v) is 4.49. The minimum atomic E-state index is -0.0827. The number of nitrogens with one attached hydrogen (secondary N) is 2. The molecule has 0 fully saturated rings. The van der Waals surface area contributed by atoms with E-state index in [0.717, 1.165) is 12.2 Å². The molecule has 1 aromatic rings. The highest BCUT2D eigenvalue weighted by molar-refractivity contribution is 7.98. The Bertz CT molecular complexity index is 382. The SMILES string of the molecule is CSCC[C@H](C)NC(=O)NC[C@H](c1ccsc1)N(C)C. The van der Waals surface area contributed by atoms with Crippen LogP contribution < -0.4 is 10.6 Å². The molecule has 0 radical (unpaired) electrons. The number of carbonyl (C=O) groups is 1. The Labute approximate surface area is 130 Å². The normalized spacial score (nSPS) is 14.1. The number of hydrogen-bond donors (Lipinski definition) is 2. The van der Waals surface area contributed by atoms with Gasteiger partial charge in [0.1, 0.15) is 0 Å². The molecule has 2 N–H and O–H groups in total. The summed E-state index contributed by atoms with van der Waals surface area (Å²) in [4.78, 5) is 14.0. The van der Waals surface area contributed by atoms with Gasteiger partial charge in [-0.2, -0.15) is 23.1 Å². The molecule has 0 bridgehead atoms. The van der Waals surface area contributed by atoms with E-state index in [1.165, 1.54) is 5.56 Å². The van der Waals surface area contributed by atoms with Crippen molar-refractivity contribution in [3.05, 3.63) is 22.4 Å². The van der Waals surface area contributed by atoms with Gasteiger partial charge in [-0.15, -0.1) is 0 Å². The quantitative estimate of drug-likeness (QED) is 0.775. The van der Waals surface area contributed by atoms with Crippen LogP contribution in [0.4, 0.5) is 4.79 Å². The van der Waals surface area contributed by atoms with E-state index in [-0.39, 0.29) is 18.1 Å². The first-order valence-corrected chi connectivity index (χ1v) is 9.10. The third-order valence-electron chi connectivity index (χ3n) is 3.14. The Kier molecular flexibility index (Phi) is 8.02. The van der Waals surface area contributed by atoms with E-state index < -0.39 is 0 Å². The molecule has 0 saturated heterocycles. The molecule has 6 heteroatoms. The fourth-order valence-corrected chi connectivity index (χ4v) is 3.19. The average molecular weight is 316 g/mol. The summed E-state index contributed by atoms with van der Waals surface area (Å²) in [6.07, 6.45) is 3.07. The van der Waals surface area contributed by atoms with E-state index in [9.17, 15) is 4.79 Å². The molecule has 0 unspecified atom stereocenters. The van der Waals surface area contributed by atoms with E-state index in [4.69, 9.17) is 0 Å². The molecule has 1 rings (SSSR count). The number of carbonyl (C=O) groups excluding carboxylic acids is 1. The number of urea groups is 1. The standard InChI is InChI=1S/C14H25N3OS2/c1-11(5-7-19-4)16-14(18)15-9-13(17(2)3)12-6-8-20-10-12/h6,8,10-11,13H,5,7,9H2,1-4H3,(H2,15,16,18)/t11-,13+/m0/s1. The molecule has 0 aromatic carbocycles. The predicted molar refractivity (Wildman–Crippen MR) is 89.7 cm³/mol. The Morgan fingerprint density at radius 3 is 2.80 bits per heavy atom. The molecule has 2 atom stereocenters. The molecule has 20 heavy (non-hydrogen) atoms. The van der Waals surface area contributed by atoms with Gasteiger partial charge in [0.25, 0.3) is 0 Å². The van der Waals surface area contributed by atoms with Gasteiger partial charge in [-0.1, -0.05) is 0 Å². The van der Waals surface area contributed by atoms with Gasteiger partial charge in [0.15, 0.2) is 0 Å². The van der Waals surface area contributed by atoms with Gasteiger partial charge in [0.05, 0.1) is 6.04 Å². The monoisotopic (exact) mass is 315 g/mol. The first-order valence-electron chi connectivity index (χ1n) is 6.76. The summed E-state index contributed by atoms with van der Waals surface area (Å²) in [6, 6.07) is 2.45. The van der Waals surface area contributed by atoms with Gasteiger partial charge < -0.3 is 15.5 Å². The number of thiophene rings is 1. The topological polar surface area (TPSA) is 44.4 Å². The van der Waals surface area contributed by atoms with Crippen LogP contribution in [0.15, 0.2) is 16.8 Å². The van der Waals surface area contributed by atoms with Crippen LogP contribution in [-0.2, 0) is 0 Å². The zero-order valence-electron chi connectivity index (χ0n) is 12.7. The zero-order chi connectivity index (χ0) is 15.0. The molecule has 2 amide bonds. The van der Waals surface area contributed by atoms with Crippen molar-refractivity contribution in [2.45, 2.75) is 25.4 Å². The minimum Gasteiger partial charge on any atom is -0.336 e. The van der Waals surface area contributed by atoms with Crippen LogP contribution in [0, 0.1) is 0 Å². The van der Waals surface area contributed by atoms with Crippen molar-refractivity contribution in [2.75, 3.05) is 32.6 Å². The van der Waals surface area contributed by atoms with Crippen molar-refractivity contribution < 1.29 is 4.79 Å². The zero-order valence-corrected chi connectivity index (χ0v) is 14.3. The summed E-state index contributed by atoms with van der Waals surface area (Å²) in [6.45, 7) is 2.66. The van der Waals surface area contributed by atoms with Gasteiger partial charge in [-0.3, -0.25) is 0 Å². The third kappa shape index (κ3) is 6.15. The molecular formula is C14H25N3OS2. The highest BCUT2D eigenvalue weighted by atomic mass is 32.2. The van der Waals surface area contributed by atoms with Crippen LogP contribution in [0.25, 0.3) is 0 Å². The molecule has 1 aromatic heterocycles. The molecule has 4 nitrogen and oxygen atoms in total. The van der Waals surface area contributed by atoms with E-state index in [2.05, 4.69) is 38.6 Å². The lowest BCUT2D eigenvalue weighted by Gasteiger charge is -2.24. The number of likely N-dealkylation sites (N-methyl/N-ethyl adjacent to an activating group) is 1. The van der Waals surface area contributed by atoms with Crippen molar-refractivity contribution in [3.8, 4) is 0 Å². The van der Waals surface area contributed by atoms with Crippen molar-refractivity contribution in [1.29, 1.82) is 0 Å². The first-order chi connectivity index (χ1) is 9.54. The molecule has 0 spiro atoms. The van der Waals surface area contributed by atoms with Gasteiger partial charge >= 0.3 is 6.03 Å². The van der Waals surface area contributed by atoms with Crippen LogP contribution in [0.1, 0.15) is 24.9 Å². The van der Waals surface area contributed by atoms with Gasteiger partial charge in [-0.25, -0.2) is 4.79 Å². The molecule has 0 aliphatic carbocycles. The highest BCUT2D eigenvalue weighted by Crippen LogP contribution is 2.19. The maximum absolute atomic E-state index is 11.9. The number of hydrogen-bond acceptors (Lipinski definition) is 4. The average Bonchev–Trinajstić information content (AvgIpc) is 2.90. The lowest BCUT2D eigenvalue weighted by molar-refractivity contribution is 0.230. The molecular weight excluding hydrogens is 290 g/mol. The Morgan fingerprint density at radius 2 is 2.25 bits per heavy atom. The summed E-state index contributed by atoms with van der Waals surface area (Å²) in [5.74, 6) is 1.07. The summed E-state index contributed by atoms with van der Waals surface area (Å²) >= 11 is 3.48. The second-order valence-corrected chi connectivity index (χ2v) is 6.84. The molecule has 1 heterocycles. The minimum absolute atomic E-state index is 0.0827. The Morgan fingerprint density at radius 1 is 1.50 bits per heavy atom. The first kappa shape index (κ1) is 17.3. The molecule has 0 aliphatic heterocycles. The lowest BCUT2D eigenvalue weighted by atomic mass is 10.1. The van der Waals surface area contributed by atoms with Crippen molar-refractivity contribution in [2.24, 2.45) is 0 Å². The van der Waals surface area contributed by atoms with Crippen LogP contribution in [-0.4, -0.2) is 49.6 Å². The summed E-state index contributed by atoms with van der Waals surface area (Å²) in [7, 11) is 4.06. The van der Waals surface area contributed by atoms with Crippen LogP contribution >= 0.6 is 23.1 Å². The number of rotatable bonds is 8. The largest absolute Gasteiger partial charge is 0.336 e. The Hall–Kier alpha value is -0.720. The lowest BCUT2D eigenvalue weighted by Crippen LogP contribution is -2.44. The number of nitrogens with zero attached hydrogens (tertiary/aromatic N) is 1. The molecule has 0 aliphatic rings. The van der Waals surface area contributed by atoms with Crippen LogP contribution in [0.5, 0.6) is 0 Å². The van der Waals surface area contributed by atoms with Gasteiger partial charge in [0.2, 0.25) is 0 Å². The second kappa shape index (κ2) is 9.26. The van der Waals surface area contributed by atoms with Crippen LogP contribution in [0.2, 0.25) is 0 Å². The van der Waals surface area contributed by atoms with Crippen molar-refractivity contribution in [1.82, 2.24) is 15.5 Å². The summed E-state index contributed by atoms with van der Waals surface area (Å²) < 4.78 is 0. The molecule has 0 saturated carbocycles. The number of thioether (sulfide) groups is 1. The highest BCUT2D eigenvalue weighted by Gasteiger charge is 2.16. The maximum Gasteiger partial charge on any atom is 0.315 e. The van der Waals surface area contributed by atoms with Crippen LogP contribution in [0.3, 0.4) is 0 Å². The van der Waals surface area contributed by atoms with E-state index in [1.807, 2.05) is 21.0 Å². The maximum atomic E-state index is 11.9. The smallest absolute Gasteiger partial charge is 0.315 e. The second-order valence-electron chi connectivity index (χ2n) is 5.07. The van der Waals surface area contributed by atoms with Gasteiger partial charge in [0, 0.05) is 12.6 Å². The van der Waals surface area contributed by atoms with Crippen molar-refractivity contribution >= 4 is 29.1 Å². The number of amides is 2. The Balaban J connectivity index is 2.38. The van der Waals surface area contributed by atoms with Gasteiger partial charge in [-0.05, 0) is 61.8 Å². The summed E-state index contributed by atoms with van der Waals surface area (Å²) in [5, 5.41) is 10.1. The fourth-order valence-electron chi connectivity index (χ4n) is 1.89. The van der Waals surface area contributed by atoms with Crippen molar-refractivity contribution in [3.63, 3.8) is 0 Å². The van der Waals surface area contributed by atoms with E-state index in [1.54, 1.807) is 23.1 Å². The fraction of sp³-hybridized carbons (Fsp3) is 0.643. The predicted octanol–water partition coefficient (Wildman–Crippen LogP) is 2.79.